The summed E-state index contributed by atoms with van der Waals surface area (Å²) in [5.74, 6) is 0.859. The van der Waals surface area contributed by atoms with Crippen LogP contribution in [0.5, 0.6) is 0 Å². The van der Waals surface area contributed by atoms with E-state index in [1.54, 1.807) is 0 Å². The zero-order valence-corrected chi connectivity index (χ0v) is 16.3. The van der Waals surface area contributed by atoms with Gasteiger partial charge in [-0.3, -0.25) is 4.90 Å². The van der Waals surface area contributed by atoms with Gasteiger partial charge in [-0.25, -0.2) is 0 Å². The van der Waals surface area contributed by atoms with Gasteiger partial charge >= 0.3 is 0 Å². The highest BCUT2D eigenvalue weighted by molar-refractivity contribution is 4.56. The number of nitrogens with zero attached hydrogens (tertiary/aromatic N) is 1. The summed E-state index contributed by atoms with van der Waals surface area (Å²) in [7, 11) is 0. The maximum Gasteiger partial charge on any atom is 0.0558 e. The molecule has 0 fully saturated rings. The van der Waals surface area contributed by atoms with Gasteiger partial charge in [0.1, 0.15) is 0 Å². The third kappa shape index (κ3) is 18.2. The molecule has 0 aliphatic heterocycles. The van der Waals surface area contributed by atoms with Gasteiger partial charge in [-0.2, -0.15) is 0 Å². The normalized spacial score (nSPS) is 11.8. The highest BCUT2D eigenvalue weighted by Gasteiger charge is 2.02. The molecule has 0 spiro atoms. The minimum absolute atomic E-state index is 0.151. The van der Waals surface area contributed by atoms with Crippen molar-refractivity contribution in [3.05, 3.63) is 0 Å². The molecule has 0 aromatic rings. The molecular weight excluding hydrogens is 302 g/mol. The molecule has 24 heavy (non-hydrogen) atoms. The minimum atomic E-state index is 0.151. The van der Waals surface area contributed by atoms with Gasteiger partial charge in [-0.1, -0.05) is 65.2 Å². The standard InChI is InChI=1S/C20H43NO3/c1-20(2)12-9-7-5-3-4-6-8-10-18-24-19-11-13-21(14-16-22)15-17-23/h20,22-23H,3-19H2,1-2H3. The number of aliphatic hydroxyl groups is 2. The number of ether oxygens (including phenoxy) is 1. The first-order chi connectivity index (χ1) is 11.7. The van der Waals surface area contributed by atoms with Crippen LogP contribution >= 0.6 is 0 Å². The van der Waals surface area contributed by atoms with Gasteiger partial charge in [0.15, 0.2) is 0 Å². The Hall–Kier alpha value is -0.160. The Kier molecular flexibility index (Phi) is 19.0. The molecule has 2 N–H and O–H groups in total. The molecule has 0 saturated heterocycles. The van der Waals surface area contributed by atoms with Crippen molar-refractivity contribution in [2.75, 3.05) is 46.1 Å². The van der Waals surface area contributed by atoms with Crippen molar-refractivity contribution in [3.63, 3.8) is 0 Å². The van der Waals surface area contributed by atoms with E-state index in [0.717, 1.165) is 32.1 Å². The Morgan fingerprint density at radius 3 is 1.71 bits per heavy atom. The van der Waals surface area contributed by atoms with Crippen molar-refractivity contribution in [2.45, 2.75) is 78.1 Å². The highest BCUT2D eigenvalue weighted by Crippen LogP contribution is 2.12. The van der Waals surface area contributed by atoms with Crippen molar-refractivity contribution in [3.8, 4) is 0 Å². The monoisotopic (exact) mass is 345 g/mol. The predicted molar refractivity (Wildman–Crippen MR) is 102 cm³/mol. The maximum atomic E-state index is 8.93. The van der Waals surface area contributed by atoms with Gasteiger partial charge in [-0.05, 0) is 18.8 Å². The van der Waals surface area contributed by atoms with Gasteiger partial charge in [0.05, 0.1) is 13.2 Å². The lowest BCUT2D eigenvalue weighted by atomic mass is 10.0. The molecule has 146 valence electrons. The molecule has 4 nitrogen and oxygen atoms in total. The third-order valence-corrected chi connectivity index (χ3v) is 4.42. The fourth-order valence-corrected chi connectivity index (χ4v) is 2.93. The van der Waals surface area contributed by atoms with Crippen LogP contribution in [0.4, 0.5) is 0 Å². The van der Waals surface area contributed by atoms with E-state index in [1.165, 1.54) is 57.8 Å². The van der Waals surface area contributed by atoms with Crippen LogP contribution in [0.15, 0.2) is 0 Å². The SMILES string of the molecule is CC(C)CCCCCCCCCCOCCCN(CCO)CCO. The molecule has 0 aromatic heterocycles. The number of rotatable bonds is 19. The average Bonchev–Trinajstić information content (AvgIpc) is 2.55. The van der Waals surface area contributed by atoms with Gasteiger partial charge in [0, 0.05) is 32.8 Å². The Morgan fingerprint density at radius 1 is 0.667 bits per heavy atom. The second-order valence-corrected chi connectivity index (χ2v) is 7.27. The van der Waals surface area contributed by atoms with Crippen molar-refractivity contribution in [2.24, 2.45) is 5.92 Å². The molecular formula is C20H43NO3. The lowest BCUT2D eigenvalue weighted by Crippen LogP contribution is -2.31. The zero-order chi connectivity index (χ0) is 17.9. The fraction of sp³-hybridized carbons (Fsp3) is 1.00. The summed E-state index contributed by atoms with van der Waals surface area (Å²) in [5, 5.41) is 17.9. The molecule has 4 heteroatoms. The van der Waals surface area contributed by atoms with Crippen molar-refractivity contribution in [1.82, 2.24) is 4.90 Å². The number of aliphatic hydroxyl groups excluding tert-OH is 2. The second kappa shape index (κ2) is 19.2. The molecule has 0 aliphatic carbocycles. The van der Waals surface area contributed by atoms with E-state index in [4.69, 9.17) is 14.9 Å². The van der Waals surface area contributed by atoms with Crippen LogP contribution in [0.2, 0.25) is 0 Å². The minimum Gasteiger partial charge on any atom is -0.395 e. The molecule has 0 aromatic carbocycles. The van der Waals surface area contributed by atoms with Crippen molar-refractivity contribution in [1.29, 1.82) is 0 Å². The molecule has 0 atom stereocenters. The molecule has 0 radical (unpaired) electrons. The van der Waals surface area contributed by atoms with E-state index in [1.807, 2.05) is 0 Å². The van der Waals surface area contributed by atoms with E-state index in [0.29, 0.717) is 13.1 Å². The van der Waals surface area contributed by atoms with Gasteiger partial charge < -0.3 is 14.9 Å². The second-order valence-electron chi connectivity index (χ2n) is 7.27. The first-order valence-electron chi connectivity index (χ1n) is 10.2. The van der Waals surface area contributed by atoms with Crippen molar-refractivity contribution < 1.29 is 14.9 Å². The maximum absolute atomic E-state index is 8.93. The Labute approximate surface area is 150 Å². The van der Waals surface area contributed by atoms with Crippen LogP contribution < -0.4 is 0 Å². The highest BCUT2D eigenvalue weighted by atomic mass is 16.5. The first kappa shape index (κ1) is 23.8. The number of unbranched alkanes of at least 4 members (excludes halogenated alkanes) is 7. The van der Waals surface area contributed by atoms with E-state index < -0.39 is 0 Å². The number of hydrogen-bond acceptors (Lipinski definition) is 4. The Morgan fingerprint density at radius 2 is 1.17 bits per heavy atom. The van der Waals surface area contributed by atoms with Gasteiger partial charge in [0.2, 0.25) is 0 Å². The number of hydrogen-bond donors (Lipinski definition) is 2. The molecule has 0 aliphatic rings. The Balaban J connectivity index is 3.17. The summed E-state index contributed by atoms with van der Waals surface area (Å²) in [5.41, 5.74) is 0. The van der Waals surface area contributed by atoms with Crippen molar-refractivity contribution >= 4 is 0 Å². The quantitative estimate of drug-likeness (QED) is 0.349. The molecule has 0 bridgehead atoms. The molecule has 0 saturated carbocycles. The first-order valence-corrected chi connectivity index (χ1v) is 10.2. The van der Waals surface area contributed by atoms with E-state index in [9.17, 15) is 0 Å². The predicted octanol–water partition coefficient (Wildman–Crippen LogP) is 3.85. The molecule has 0 heterocycles. The largest absolute Gasteiger partial charge is 0.395 e. The molecule has 0 rings (SSSR count). The van der Waals surface area contributed by atoms with Crippen LogP contribution in [-0.4, -0.2) is 61.2 Å². The van der Waals surface area contributed by atoms with Crippen LogP contribution in [0.3, 0.4) is 0 Å². The third-order valence-electron chi connectivity index (χ3n) is 4.42. The smallest absolute Gasteiger partial charge is 0.0558 e. The summed E-state index contributed by atoms with van der Waals surface area (Å²) >= 11 is 0. The summed E-state index contributed by atoms with van der Waals surface area (Å²) in [6, 6.07) is 0. The zero-order valence-electron chi connectivity index (χ0n) is 16.3. The van der Waals surface area contributed by atoms with E-state index >= 15 is 0 Å². The summed E-state index contributed by atoms with van der Waals surface area (Å²) in [6.45, 7) is 8.73. The fourth-order valence-electron chi connectivity index (χ4n) is 2.93. The van der Waals surface area contributed by atoms with Crippen LogP contribution in [0.25, 0.3) is 0 Å². The van der Waals surface area contributed by atoms with Gasteiger partial charge in [-0.15, -0.1) is 0 Å². The van der Waals surface area contributed by atoms with E-state index in [-0.39, 0.29) is 13.2 Å². The van der Waals surface area contributed by atoms with Gasteiger partial charge in [0.25, 0.3) is 0 Å². The summed E-state index contributed by atoms with van der Waals surface area (Å²) in [6.07, 6.45) is 13.1. The topological polar surface area (TPSA) is 52.9 Å². The Bertz CT molecular complexity index is 231. The lowest BCUT2D eigenvalue weighted by molar-refractivity contribution is 0.107. The van der Waals surface area contributed by atoms with Crippen LogP contribution in [-0.2, 0) is 4.74 Å². The van der Waals surface area contributed by atoms with E-state index in [2.05, 4.69) is 18.7 Å². The summed E-state index contributed by atoms with van der Waals surface area (Å²) in [4.78, 5) is 2.07. The molecule has 0 unspecified atom stereocenters. The lowest BCUT2D eigenvalue weighted by Gasteiger charge is -2.19. The molecule has 0 amide bonds. The summed E-state index contributed by atoms with van der Waals surface area (Å²) < 4.78 is 5.67. The van der Waals surface area contributed by atoms with Crippen LogP contribution in [0.1, 0.15) is 78.1 Å². The average molecular weight is 346 g/mol. The van der Waals surface area contributed by atoms with Crippen LogP contribution in [0, 0.1) is 5.92 Å².